The largest absolute Gasteiger partial charge is 0.481 e. The third-order valence-corrected chi connectivity index (χ3v) is 3.31. The highest BCUT2D eigenvalue weighted by molar-refractivity contribution is 5.72. The first-order valence-corrected chi connectivity index (χ1v) is 5.26. The smallest absolute Gasteiger partial charge is 0.308 e. The normalized spacial score (nSPS) is 30.1. The van der Waals surface area contributed by atoms with Gasteiger partial charge in [0.05, 0.1) is 13.0 Å². The van der Waals surface area contributed by atoms with Gasteiger partial charge in [0.1, 0.15) is 0 Å². The fraction of sp³-hybridized carbons (Fsp3) is 0.818. The summed E-state index contributed by atoms with van der Waals surface area (Å²) in [4.78, 5) is 21.8. The molecule has 0 aromatic heterocycles. The van der Waals surface area contributed by atoms with Gasteiger partial charge >= 0.3 is 11.9 Å². The maximum atomic E-state index is 11.3. The van der Waals surface area contributed by atoms with Crippen LogP contribution in [-0.2, 0) is 14.3 Å². The van der Waals surface area contributed by atoms with Gasteiger partial charge in [0.2, 0.25) is 0 Å². The molecular formula is C11H18O4. The standard InChI is InChI=1S/C11H18O4/c1-11(6-4-9(12)13)5-3-8(7-11)10(14)15-2/h8H,3-7H2,1-2H3,(H,12,13)/t8-,11-/m0/s1. The Labute approximate surface area is 89.6 Å². The summed E-state index contributed by atoms with van der Waals surface area (Å²) in [7, 11) is 1.40. The van der Waals surface area contributed by atoms with Crippen LogP contribution in [0.5, 0.6) is 0 Å². The van der Waals surface area contributed by atoms with E-state index >= 15 is 0 Å². The Bertz CT molecular complexity index is 261. The van der Waals surface area contributed by atoms with Crippen LogP contribution in [0.15, 0.2) is 0 Å². The first-order valence-electron chi connectivity index (χ1n) is 5.26. The Kier molecular flexibility index (Phi) is 3.72. The van der Waals surface area contributed by atoms with Gasteiger partial charge in [-0.2, -0.15) is 0 Å². The van der Waals surface area contributed by atoms with E-state index in [4.69, 9.17) is 9.84 Å². The van der Waals surface area contributed by atoms with Crippen molar-refractivity contribution in [2.45, 2.75) is 39.0 Å². The quantitative estimate of drug-likeness (QED) is 0.725. The minimum absolute atomic E-state index is 0.00273. The summed E-state index contributed by atoms with van der Waals surface area (Å²) in [6, 6.07) is 0. The number of methoxy groups -OCH3 is 1. The predicted octanol–water partition coefficient (Wildman–Crippen LogP) is 1.83. The topological polar surface area (TPSA) is 63.6 Å². The summed E-state index contributed by atoms with van der Waals surface area (Å²) in [5, 5.41) is 8.62. The van der Waals surface area contributed by atoms with Gasteiger partial charge in [-0.3, -0.25) is 9.59 Å². The van der Waals surface area contributed by atoms with Crippen molar-refractivity contribution in [3.63, 3.8) is 0 Å². The van der Waals surface area contributed by atoms with E-state index in [9.17, 15) is 9.59 Å². The fourth-order valence-electron chi connectivity index (χ4n) is 2.33. The van der Waals surface area contributed by atoms with E-state index in [0.29, 0.717) is 6.42 Å². The summed E-state index contributed by atoms with van der Waals surface area (Å²) >= 11 is 0. The summed E-state index contributed by atoms with van der Waals surface area (Å²) in [5.41, 5.74) is -0.00273. The molecule has 1 saturated carbocycles. The number of rotatable bonds is 4. The highest BCUT2D eigenvalue weighted by Crippen LogP contribution is 2.45. The van der Waals surface area contributed by atoms with Crippen molar-refractivity contribution in [1.82, 2.24) is 0 Å². The van der Waals surface area contributed by atoms with E-state index in [1.165, 1.54) is 7.11 Å². The molecule has 0 amide bonds. The van der Waals surface area contributed by atoms with Crippen molar-refractivity contribution < 1.29 is 19.4 Å². The van der Waals surface area contributed by atoms with Crippen molar-refractivity contribution >= 4 is 11.9 Å². The lowest BCUT2D eigenvalue weighted by Crippen LogP contribution is -2.18. The lowest BCUT2D eigenvalue weighted by molar-refractivity contribution is -0.145. The molecule has 4 nitrogen and oxygen atoms in total. The van der Waals surface area contributed by atoms with Crippen LogP contribution < -0.4 is 0 Å². The number of carboxylic acids is 1. The molecule has 0 radical (unpaired) electrons. The van der Waals surface area contributed by atoms with Crippen LogP contribution in [0.1, 0.15) is 39.0 Å². The number of hydrogen-bond acceptors (Lipinski definition) is 3. The van der Waals surface area contributed by atoms with Crippen LogP contribution in [0, 0.1) is 11.3 Å². The Balaban J connectivity index is 2.45. The average molecular weight is 214 g/mol. The summed E-state index contributed by atoms with van der Waals surface area (Å²) in [6.07, 6.45) is 3.33. The molecule has 1 aliphatic rings. The zero-order chi connectivity index (χ0) is 11.5. The minimum atomic E-state index is -0.766. The number of hydrogen-bond donors (Lipinski definition) is 1. The monoisotopic (exact) mass is 214 g/mol. The molecule has 4 heteroatoms. The zero-order valence-corrected chi connectivity index (χ0v) is 9.28. The van der Waals surface area contributed by atoms with Crippen molar-refractivity contribution in [3.8, 4) is 0 Å². The van der Waals surface area contributed by atoms with E-state index < -0.39 is 5.97 Å². The van der Waals surface area contributed by atoms with E-state index in [-0.39, 0.29) is 23.7 Å². The molecule has 0 aliphatic heterocycles. The Morgan fingerprint density at radius 2 is 2.20 bits per heavy atom. The molecular weight excluding hydrogens is 196 g/mol. The third kappa shape index (κ3) is 3.22. The molecule has 0 saturated heterocycles. The molecule has 0 aromatic rings. The third-order valence-electron chi connectivity index (χ3n) is 3.31. The van der Waals surface area contributed by atoms with Crippen LogP contribution in [0.3, 0.4) is 0 Å². The highest BCUT2D eigenvalue weighted by Gasteiger charge is 2.38. The first-order chi connectivity index (χ1) is 6.97. The molecule has 0 aromatic carbocycles. The Morgan fingerprint density at radius 3 is 2.73 bits per heavy atom. The van der Waals surface area contributed by atoms with E-state index in [2.05, 4.69) is 6.92 Å². The van der Waals surface area contributed by atoms with E-state index in [1.54, 1.807) is 0 Å². The second-order valence-electron chi connectivity index (χ2n) is 4.67. The van der Waals surface area contributed by atoms with Crippen molar-refractivity contribution in [2.24, 2.45) is 11.3 Å². The highest BCUT2D eigenvalue weighted by atomic mass is 16.5. The van der Waals surface area contributed by atoms with Crippen molar-refractivity contribution in [1.29, 1.82) is 0 Å². The van der Waals surface area contributed by atoms with Crippen LogP contribution in [0.25, 0.3) is 0 Å². The molecule has 86 valence electrons. The molecule has 1 rings (SSSR count). The number of carbonyl (C=O) groups excluding carboxylic acids is 1. The van der Waals surface area contributed by atoms with Crippen LogP contribution in [0.4, 0.5) is 0 Å². The molecule has 0 unspecified atom stereocenters. The zero-order valence-electron chi connectivity index (χ0n) is 9.28. The van der Waals surface area contributed by atoms with Crippen LogP contribution >= 0.6 is 0 Å². The lowest BCUT2D eigenvalue weighted by atomic mass is 9.83. The van der Waals surface area contributed by atoms with Gasteiger partial charge < -0.3 is 9.84 Å². The Morgan fingerprint density at radius 1 is 1.53 bits per heavy atom. The second-order valence-corrected chi connectivity index (χ2v) is 4.67. The van der Waals surface area contributed by atoms with Gasteiger partial charge in [-0.1, -0.05) is 6.92 Å². The van der Waals surface area contributed by atoms with Crippen molar-refractivity contribution in [2.75, 3.05) is 7.11 Å². The van der Waals surface area contributed by atoms with Gasteiger partial charge in [0.15, 0.2) is 0 Å². The van der Waals surface area contributed by atoms with E-state index in [0.717, 1.165) is 19.3 Å². The summed E-state index contributed by atoms with van der Waals surface area (Å²) in [6.45, 7) is 2.05. The van der Waals surface area contributed by atoms with Gasteiger partial charge in [0.25, 0.3) is 0 Å². The maximum Gasteiger partial charge on any atom is 0.308 e. The lowest BCUT2D eigenvalue weighted by Gasteiger charge is -2.22. The number of esters is 1. The molecule has 1 aliphatic carbocycles. The second kappa shape index (κ2) is 4.64. The predicted molar refractivity (Wildman–Crippen MR) is 54.3 cm³/mol. The molecule has 15 heavy (non-hydrogen) atoms. The number of aliphatic carboxylic acids is 1. The van der Waals surface area contributed by atoms with Gasteiger partial charge in [-0.05, 0) is 31.1 Å². The minimum Gasteiger partial charge on any atom is -0.481 e. The van der Waals surface area contributed by atoms with Crippen LogP contribution in [0.2, 0.25) is 0 Å². The molecule has 0 spiro atoms. The van der Waals surface area contributed by atoms with Crippen LogP contribution in [-0.4, -0.2) is 24.2 Å². The average Bonchev–Trinajstić information content (AvgIpc) is 2.58. The molecule has 0 bridgehead atoms. The fourth-order valence-corrected chi connectivity index (χ4v) is 2.33. The molecule has 2 atom stereocenters. The van der Waals surface area contributed by atoms with E-state index in [1.807, 2.05) is 0 Å². The number of carboxylic acid groups (broad SMARTS) is 1. The first kappa shape index (κ1) is 12.0. The Hall–Kier alpha value is -1.06. The van der Waals surface area contributed by atoms with Gasteiger partial charge in [0, 0.05) is 6.42 Å². The number of carbonyl (C=O) groups is 2. The molecule has 0 heterocycles. The maximum absolute atomic E-state index is 11.3. The van der Waals surface area contributed by atoms with Gasteiger partial charge in [-0.15, -0.1) is 0 Å². The number of ether oxygens (including phenoxy) is 1. The molecule has 1 N–H and O–H groups in total. The van der Waals surface area contributed by atoms with Crippen molar-refractivity contribution in [3.05, 3.63) is 0 Å². The summed E-state index contributed by atoms with van der Waals surface area (Å²) < 4.78 is 4.70. The summed E-state index contributed by atoms with van der Waals surface area (Å²) in [5.74, 6) is -0.958. The SMILES string of the molecule is COC(=O)[C@H]1CC[C@@](C)(CCC(=O)O)C1. The van der Waals surface area contributed by atoms with Gasteiger partial charge in [-0.25, -0.2) is 0 Å². The molecule has 1 fully saturated rings.